The van der Waals surface area contributed by atoms with Crippen LogP contribution in [0.4, 0.5) is 5.69 Å². The van der Waals surface area contributed by atoms with Crippen LogP contribution in [0.2, 0.25) is 0 Å². The molecule has 5 heteroatoms. The summed E-state index contributed by atoms with van der Waals surface area (Å²) in [6.07, 6.45) is 2.09. The summed E-state index contributed by atoms with van der Waals surface area (Å²) < 4.78 is 0. The van der Waals surface area contributed by atoms with Crippen molar-refractivity contribution in [3.8, 4) is 5.75 Å². The molecule has 0 fully saturated rings. The van der Waals surface area contributed by atoms with Crippen molar-refractivity contribution in [2.24, 2.45) is 0 Å². The molecule has 2 rings (SSSR count). The highest BCUT2D eigenvalue weighted by molar-refractivity contribution is 5.81. The van der Waals surface area contributed by atoms with Crippen molar-refractivity contribution in [3.05, 3.63) is 29.8 Å². The Bertz CT molecular complexity index is 480. The van der Waals surface area contributed by atoms with E-state index in [1.54, 1.807) is 12.1 Å². The van der Waals surface area contributed by atoms with E-state index >= 15 is 0 Å². The fraction of sp³-hybridized carbons (Fsp3) is 0.385. The Morgan fingerprint density at radius 2 is 1.83 bits per heavy atom. The quantitative estimate of drug-likeness (QED) is 0.587. The van der Waals surface area contributed by atoms with E-state index in [1.165, 1.54) is 0 Å². The third-order valence-corrected chi connectivity index (χ3v) is 3.55. The molecule has 0 spiro atoms. The van der Waals surface area contributed by atoms with Gasteiger partial charge in [-0.05, 0) is 32.3 Å². The van der Waals surface area contributed by atoms with Gasteiger partial charge in [0.05, 0.1) is 5.69 Å². The first-order chi connectivity index (χ1) is 8.57. The average molecular weight is 248 g/mol. The predicted octanol–water partition coefficient (Wildman–Crippen LogP) is 0.495. The van der Waals surface area contributed by atoms with Crippen LogP contribution >= 0.6 is 0 Å². The standard InChI is InChI=1S/C13H20N4O/c1-14-11-8-13(15-2,16-3)17(4)12-7-9(18)5-6-10(11)12/h5-8,14-16,18H,1-4H3. The van der Waals surface area contributed by atoms with Gasteiger partial charge in [-0.3, -0.25) is 10.6 Å². The molecule has 0 unspecified atom stereocenters. The van der Waals surface area contributed by atoms with E-state index < -0.39 is 5.79 Å². The molecular weight excluding hydrogens is 228 g/mol. The van der Waals surface area contributed by atoms with E-state index in [2.05, 4.69) is 26.9 Å². The van der Waals surface area contributed by atoms with Gasteiger partial charge in [-0.15, -0.1) is 0 Å². The van der Waals surface area contributed by atoms with Gasteiger partial charge in [0.25, 0.3) is 0 Å². The zero-order valence-electron chi connectivity index (χ0n) is 11.2. The number of aromatic hydroxyl groups is 1. The molecular formula is C13H20N4O. The maximum absolute atomic E-state index is 9.67. The van der Waals surface area contributed by atoms with Crippen LogP contribution in [0.3, 0.4) is 0 Å². The van der Waals surface area contributed by atoms with Crippen LogP contribution < -0.4 is 20.9 Å². The second kappa shape index (κ2) is 4.51. The molecule has 98 valence electrons. The number of phenols is 1. The lowest BCUT2D eigenvalue weighted by Gasteiger charge is -2.45. The number of hydrogen-bond acceptors (Lipinski definition) is 5. The number of nitrogens with one attached hydrogen (secondary N) is 3. The molecule has 0 radical (unpaired) electrons. The predicted molar refractivity (Wildman–Crippen MR) is 74.4 cm³/mol. The first kappa shape index (κ1) is 12.7. The first-order valence-electron chi connectivity index (χ1n) is 5.93. The number of hydrogen-bond donors (Lipinski definition) is 4. The van der Waals surface area contributed by atoms with Gasteiger partial charge in [0.15, 0.2) is 5.79 Å². The van der Waals surface area contributed by atoms with Crippen molar-refractivity contribution >= 4 is 11.4 Å². The van der Waals surface area contributed by atoms with E-state index in [0.717, 1.165) is 16.9 Å². The average Bonchev–Trinajstić information content (AvgIpc) is 2.40. The van der Waals surface area contributed by atoms with Crippen molar-refractivity contribution in [3.63, 3.8) is 0 Å². The molecule has 1 aromatic carbocycles. The monoisotopic (exact) mass is 248 g/mol. The maximum atomic E-state index is 9.67. The summed E-state index contributed by atoms with van der Waals surface area (Å²) in [5.41, 5.74) is 3.05. The molecule has 0 atom stereocenters. The lowest BCUT2D eigenvalue weighted by Crippen LogP contribution is -2.65. The third-order valence-electron chi connectivity index (χ3n) is 3.55. The van der Waals surface area contributed by atoms with Crippen LogP contribution in [0.25, 0.3) is 5.70 Å². The SMILES string of the molecule is CNC1=CC(NC)(NC)N(C)c2cc(O)ccc21. The minimum Gasteiger partial charge on any atom is -0.508 e. The normalized spacial score (nSPS) is 17.1. The first-order valence-corrected chi connectivity index (χ1v) is 5.93. The summed E-state index contributed by atoms with van der Waals surface area (Å²) in [6.45, 7) is 0. The third kappa shape index (κ3) is 1.72. The van der Waals surface area contributed by atoms with Crippen LogP contribution in [0.15, 0.2) is 24.3 Å². The van der Waals surface area contributed by atoms with Crippen LogP contribution in [0, 0.1) is 0 Å². The molecule has 1 heterocycles. The van der Waals surface area contributed by atoms with E-state index in [4.69, 9.17) is 0 Å². The molecule has 4 N–H and O–H groups in total. The van der Waals surface area contributed by atoms with Crippen molar-refractivity contribution in [1.29, 1.82) is 0 Å². The Balaban J connectivity index is 2.63. The van der Waals surface area contributed by atoms with E-state index in [1.807, 2.05) is 34.3 Å². The van der Waals surface area contributed by atoms with Gasteiger partial charge in [-0.25, -0.2) is 0 Å². The molecule has 5 nitrogen and oxygen atoms in total. The van der Waals surface area contributed by atoms with Crippen LogP contribution in [-0.2, 0) is 0 Å². The second-order valence-electron chi connectivity index (χ2n) is 4.33. The van der Waals surface area contributed by atoms with Crippen LogP contribution in [0.5, 0.6) is 5.75 Å². The Kier molecular flexibility index (Phi) is 3.19. The van der Waals surface area contributed by atoms with E-state index in [9.17, 15) is 5.11 Å². The van der Waals surface area contributed by atoms with Gasteiger partial charge in [0, 0.05) is 31.4 Å². The molecule has 0 bridgehead atoms. The molecule has 18 heavy (non-hydrogen) atoms. The molecule has 0 saturated heterocycles. The number of likely N-dealkylation sites (N-methyl/N-ethyl adjacent to an activating group) is 3. The molecule has 0 aromatic heterocycles. The van der Waals surface area contributed by atoms with Crippen LogP contribution in [-0.4, -0.2) is 39.1 Å². The fourth-order valence-corrected chi connectivity index (χ4v) is 2.41. The van der Waals surface area contributed by atoms with Gasteiger partial charge in [0.2, 0.25) is 0 Å². The number of rotatable bonds is 3. The lowest BCUT2D eigenvalue weighted by atomic mass is 10.00. The number of fused-ring (bicyclic) bond motifs is 1. The highest BCUT2D eigenvalue weighted by Crippen LogP contribution is 2.36. The van der Waals surface area contributed by atoms with E-state index in [-0.39, 0.29) is 5.75 Å². The Hall–Kier alpha value is -1.72. The topological polar surface area (TPSA) is 59.6 Å². The molecule has 1 aliphatic rings. The van der Waals surface area contributed by atoms with E-state index in [0.29, 0.717) is 0 Å². The highest BCUT2D eigenvalue weighted by atomic mass is 16.3. The number of nitrogens with zero attached hydrogens (tertiary/aromatic N) is 1. The number of phenolic OH excluding ortho intramolecular Hbond substituents is 1. The zero-order valence-corrected chi connectivity index (χ0v) is 11.2. The Morgan fingerprint density at radius 1 is 1.17 bits per heavy atom. The Labute approximate surface area is 107 Å². The summed E-state index contributed by atoms with van der Waals surface area (Å²) in [5, 5.41) is 19.4. The molecule has 0 saturated carbocycles. The van der Waals surface area contributed by atoms with Crippen molar-refractivity contribution in [2.75, 3.05) is 33.1 Å². The summed E-state index contributed by atoms with van der Waals surface area (Å²) in [6, 6.07) is 5.38. The summed E-state index contributed by atoms with van der Waals surface area (Å²) in [5.74, 6) is -0.210. The minimum atomic E-state index is -0.473. The molecule has 0 aliphatic carbocycles. The van der Waals surface area contributed by atoms with Crippen molar-refractivity contribution < 1.29 is 5.11 Å². The van der Waals surface area contributed by atoms with Gasteiger partial charge < -0.3 is 15.3 Å². The summed E-state index contributed by atoms with van der Waals surface area (Å²) in [7, 11) is 7.66. The summed E-state index contributed by atoms with van der Waals surface area (Å²) in [4.78, 5) is 2.06. The van der Waals surface area contributed by atoms with Crippen molar-refractivity contribution in [1.82, 2.24) is 16.0 Å². The Morgan fingerprint density at radius 3 is 2.39 bits per heavy atom. The highest BCUT2D eigenvalue weighted by Gasteiger charge is 2.35. The van der Waals surface area contributed by atoms with Gasteiger partial charge in [-0.1, -0.05) is 0 Å². The van der Waals surface area contributed by atoms with Gasteiger partial charge in [0.1, 0.15) is 5.75 Å². The zero-order chi connectivity index (χ0) is 13.3. The maximum Gasteiger partial charge on any atom is 0.167 e. The molecule has 1 aliphatic heterocycles. The fourth-order valence-electron chi connectivity index (χ4n) is 2.41. The van der Waals surface area contributed by atoms with Gasteiger partial charge in [-0.2, -0.15) is 0 Å². The number of anilines is 1. The number of benzene rings is 1. The minimum absolute atomic E-state index is 0.263. The largest absolute Gasteiger partial charge is 0.508 e. The smallest absolute Gasteiger partial charge is 0.167 e. The van der Waals surface area contributed by atoms with Gasteiger partial charge >= 0.3 is 0 Å². The summed E-state index contributed by atoms with van der Waals surface area (Å²) >= 11 is 0. The van der Waals surface area contributed by atoms with Crippen LogP contribution in [0.1, 0.15) is 5.56 Å². The second-order valence-corrected chi connectivity index (χ2v) is 4.33. The van der Waals surface area contributed by atoms with Crippen molar-refractivity contribution in [2.45, 2.75) is 5.79 Å². The molecule has 0 amide bonds. The molecule has 1 aromatic rings. The lowest BCUT2D eigenvalue weighted by molar-refractivity contribution is 0.366.